The number of hydrogen-bond donors (Lipinski definition) is 1. The number of piperidine rings is 2. The molecule has 0 radical (unpaired) electrons. The number of rotatable bonds is 4. The van der Waals surface area contributed by atoms with Crippen LogP contribution in [0.2, 0.25) is 0 Å². The molecule has 0 spiro atoms. The highest BCUT2D eigenvalue weighted by Crippen LogP contribution is 2.20. The Morgan fingerprint density at radius 1 is 0.852 bits per heavy atom. The Balaban J connectivity index is 1.55. The lowest BCUT2D eigenvalue weighted by Crippen LogP contribution is -2.44. The van der Waals surface area contributed by atoms with E-state index < -0.39 is 21.8 Å². The van der Waals surface area contributed by atoms with Gasteiger partial charge >= 0.3 is 11.8 Å². The first kappa shape index (κ1) is 19.8. The van der Waals surface area contributed by atoms with Crippen molar-refractivity contribution >= 4 is 21.8 Å². The molecule has 0 bridgehead atoms. The first-order valence-corrected chi connectivity index (χ1v) is 11.1. The summed E-state index contributed by atoms with van der Waals surface area (Å²) in [4.78, 5) is 26.0. The van der Waals surface area contributed by atoms with Crippen molar-refractivity contribution in [2.24, 2.45) is 0 Å². The Labute approximate surface area is 160 Å². The third-order valence-corrected chi connectivity index (χ3v) is 7.08. The van der Waals surface area contributed by atoms with Gasteiger partial charge in [-0.15, -0.1) is 0 Å². The molecule has 0 aliphatic carbocycles. The van der Waals surface area contributed by atoms with E-state index in [0.29, 0.717) is 26.2 Å². The number of nitrogens with one attached hydrogen (secondary N) is 1. The van der Waals surface area contributed by atoms with Crippen LogP contribution in [0.1, 0.15) is 44.1 Å². The molecule has 3 rings (SSSR count). The molecule has 0 unspecified atom stereocenters. The zero-order chi connectivity index (χ0) is 19.3. The number of nitrogens with zero attached hydrogens (tertiary/aromatic N) is 2. The smallest absolute Gasteiger partial charge is 0.311 e. The van der Waals surface area contributed by atoms with E-state index in [1.807, 2.05) is 0 Å². The van der Waals surface area contributed by atoms with Crippen LogP contribution in [0.3, 0.4) is 0 Å². The van der Waals surface area contributed by atoms with E-state index in [4.69, 9.17) is 0 Å². The van der Waals surface area contributed by atoms with E-state index in [1.165, 1.54) is 4.31 Å². The SMILES string of the molecule is O=C(NCc1ccc(S(=O)(=O)N2CCCCC2)cc1)C(=O)N1CCCCC1. The van der Waals surface area contributed by atoms with E-state index in [1.54, 1.807) is 29.2 Å². The third-order valence-electron chi connectivity index (χ3n) is 5.17. The first-order chi connectivity index (χ1) is 13.0. The molecule has 7 nitrogen and oxygen atoms in total. The minimum Gasteiger partial charge on any atom is -0.344 e. The highest BCUT2D eigenvalue weighted by atomic mass is 32.2. The number of amides is 2. The van der Waals surface area contributed by atoms with Gasteiger partial charge in [0.2, 0.25) is 10.0 Å². The van der Waals surface area contributed by atoms with Gasteiger partial charge in [-0.2, -0.15) is 4.31 Å². The van der Waals surface area contributed by atoms with Crippen LogP contribution in [0.4, 0.5) is 0 Å². The number of hydrogen-bond acceptors (Lipinski definition) is 4. The summed E-state index contributed by atoms with van der Waals surface area (Å²) in [5, 5.41) is 2.63. The Kier molecular flexibility index (Phi) is 6.49. The molecule has 2 fully saturated rings. The predicted octanol–water partition coefficient (Wildman–Crippen LogP) is 1.49. The first-order valence-electron chi connectivity index (χ1n) is 9.65. The van der Waals surface area contributed by atoms with Crippen molar-refractivity contribution in [3.8, 4) is 0 Å². The van der Waals surface area contributed by atoms with Gasteiger partial charge in [0.15, 0.2) is 0 Å². The third kappa shape index (κ3) is 4.87. The molecule has 2 amide bonds. The Bertz CT molecular complexity index is 765. The quantitative estimate of drug-likeness (QED) is 0.785. The van der Waals surface area contributed by atoms with E-state index in [-0.39, 0.29) is 11.4 Å². The summed E-state index contributed by atoms with van der Waals surface area (Å²) >= 11 is 0. The van der Waals surface area contributed by atoms with Crippen LogP contribution < -0.4 is 5.32 Å². The van der Waals surface area contributed by atoms with E-state index in [0.717, 1.165) is 44.1 Å². The summed E-state index contributed by atoms with van der Waals surface area (Å²) in [5.74, 6) is -1.10. The largest absolute Gasteiger partial charge is 0.344 e. The van der Waals surface area contributed by atoms with Crippen molar-refractivity contribution < 1.29 is 18.0 Å². The fourth-order valence-electron chi connectivity index (χ4n) is 3.53. The number of carbonyl (C=O) groups excluding carboxylic acids is 2. The van der Waals surface area contributed by atoms with Gasteiger partial charge in [-0.3, -0.25) is 9.59 Å². The maximum absolute atomic E-state index is 12.6. The van der Waals surface area contributed by atoms with Gasteiger partial charge in [0.1, 0.15) is 0 Å². The summed E-state index contributed by atoms with van der Waals surface area (Å²) < 4.78 is 26.8. The lowest BCUT2D eigenvalue weighted by atomic mass is 10.1. The number of carbonyl (C=O) groups is 2. The van der Waals surface area contributed by atoms with Crippen LogP contribution in [0, 0.1) is 0 Å². The molecule has 2 aliphatic heterocycles. The van der Waals surface area contributed by atoms with Crippen molar-refractivity contribution in [1.82, 2.24) is 14.5 Å². The Morgan fingerprint density at radius 2 is 1.41 bits per heavy atom. The molecule has 0 saturated carbocycles. The zero-order valence-corrected chi connectivity index (χ0v) is 16.3. The number of benzene rings is 1. The van der Waals surface area contributed by atoms with Crippen molar-refractivity contribution in [2.45, 2.75) is 50.0 Å². The molecular weight excluding hydrogens is 366 g/mol. The molecule has 2 aliphatic rings. The number of sulfonamides is 1. The van der Waals surface area contributed by atoms with E-state index >= 15 is 0 Å². The van der Waals surface area contributed by atoms with Gasteiger partial charge in [-0.05, 0) is 49.8 Å². The van der Waals surface area contributed by atoms with Crippen molar-refractivity contribution in [2.75, 3.05) is 26.2 Å². The molecule has 1 N–H and O–H groups in total. The highest BCUT2D eigenvalue weighted by molar-refractivity contribution is 7.89. The second-order valence-corrected chi connectivity index (χ2v) is 9.08. The molecule has 2 heterocycles. The summed E-state index contributed by atoms with van der Waals surface area (Å²) in [6, 6.07) is 6.50. The minimum atomic E-state index is -3.45. The van der Waals surface area contributed by atoms with Crippen LogP contribution >= 0.6 is 0 Å². The lowest BCUT2D eigenvalue weighted by molar-refractivity contribution is -0.146. The van der Waals surface area contributed by atoms with Gasteiger partial charge in [-0.1, -0.05) is 18.6 Å². The molecule has 1 aromatic rings. The van der Waals surface area contributed by atoms with Gasteiger partial charge < -0.3 is 10.2 Å². The van der Waals surface area contributed by atoms with Crippen LogP contribution in [0.25, 0.3) is 0 Å². The van der Waals surface area contributed by atoms with Crippen LogP contribution in [0.15, 0.2) is 29.2 Å². The molecule has 148 valence electrons. The maximum atomic E-state index is 12.6. The Morgan fingerprint density at radius 3 is 2.00 bits per heavy atom. The molecule has 1 aromatic carbocycles. The Hall–Kier alpha value is -1.93. The minimum absolute atomic E-state index is 0.197. The van der Waals surface area contributed by atoms with E-state index in [2.05, 4.69) is 5.32 Å². The monoisotopic (exact) mass is 393 g/mol. The highest BCUT2D eigenvalue weighted by Gasteiger charge is 2.26. The molecule has 0 atom stereocenters. The summed E-state index contributed by atoms with van der Waals surface area (Å²) in [6.45, 7) is 2.60. The number of likely N-dealkylation sites (tertiary alicyclic amines) is 1. The van der Waals surface area contributed by atoms with Gasteiger partial charge in [0.05, 0.1) is 4.90 Å². The predicted molar refractivity (Wildman–Crippen MR) is 101 cm³/mol. The summed E-state index contributed by atoms with van der Waals surface area (Å²) in [7, 11) is -3.45. The fourth-order valence-corrected chi connectivity index (χ4v) is 5.05. The second kappa shape index (κ2) is 8.84. The average Bonchev–Trinajstić information content (AvgIpc) is 2.73. The summed E-state index contributed by atoms with van der Waals surface area (Å²) in [6.07, 6.45) is 5.83. The maximum Gasteiger partial charge on any atom is 0.311 e. The summed E-state index contributed by atoms with van der Waals surface area (Å²) in [5.41, 5.74) is 0.757. The van der Waals surface area contributed by atoms with Crippen molar-refractivity contribution in [3.05, 3.63) is 29.8 Å². The van der Waals surface area contributed by atoms with Crippen LogP contribution in [0.5, 0.6) is 0 Å². The lowest BCUT2D eigenvalue weighted by Gasteiger charge is -2.26. The van der Waals surface area contributed by atoms with Gasteiger partial charge in [0, 0.05) is 32.7 Å². The van der Waals surface area contributed by atoms with Crippen LogP contribution in [-0.2, 0) is 26.2 Å². The van der Waals surface area contributed by atoms with Crippen molar-refractivity contribution in [3.63, 3.8) is 0 Å². The molecular formula is C19H27N3O4S. The van der Waals surface area contributed by atoms with Crippen molar-refractivity contribution in [1.29, 1.82) is 0 Å². The molecule has 27 heavy (non-hydrogen) atoms. The molecule has 2 saturated heterocycles. The molecule has 0 aromatic heterocycles. The normalized spacial score (nSPS) is 18.9. The van der Waals surface area contributed by atoms with E-state index in [9.17, 15) is 18.0 Å². The fraction of sp³-hybridized carbons (Fsp3) is 0.579. The zero-order valence-electron chi connectivity index (χ0n) is 15.5. The van der Waals surface area contributed by atoms with Gasteiger partial charge in [0.25, 0.3) is 0 Å². The average molecular weight is 394 g/mol. The topological polar surface area (TPSA) is 86.8 Å². The molecule has 8 heteroatoms. The standard InChI is InChI=1S/C19H27N3O4S/c23-18(19(24)21-11-3-1-4-12-21)20-15-16-7-9-17(10-8-16)27(25,26)22-13-5-2-6-14-22/h7-10H,1-6,11-15H2,(H,20,23). The van der Waals surface area contributed by atoms with Gasteiger partial charge in [-0.25, -0.2) is 8.42 Å². The second-order valence-electron chi connectivity index (χ2n) is 7.14. The van der Waals surface area contributed by atoms with Crippen LogP contribution in [-0.4, -0.2) is 55.6 Å².